The maximum Gasteiger partial charge on any atom is 0.259 e. The zero-order chi connectivity index (χ0) is 19.3. The Morgan fingerprint density at radius 2 is 1.46 bits per heavy atom. The molecule has 0 spiro atoms. The smallest absolute Gasteiger partial charge is 0.259 e. The highest BCUT2D eigenvalue weighted by molar-refractivity contribution is 6.11. The Hall–Kier alpha value is -3.99. The van der Waals surface area contributed by atoms with Gasteiger partial charge in [-0.3, -0.25) is 14.7 Å². The first-order valence-electron chi connectivity index (χ1n) is 8.82. The third kappa shape index (κ3) is 3.59. The predicted molar refractivity (Wildman–Crippen MR) is 108 cm³/mol. The number of benzene rings is 3. The van der Waals surface area contributed by atoms with Gasteiger partial charge in [0.1, 0.15) is 0 Å². The maximum atomic E-state index is 12.8. The number of H-pyrrole nitrogens is 1. The van der Waals surface area contributed by atoms with Gasteiger partial charge in [-0.25, -0.2) is 0 Å². The van der Waals surface area contributed by atoms with Gasteiger partial charge in [0.15, 0.2) is 5.78 Å². The number of carbonyl (C=O) groups is 2. The Bertz CT molecular complexity index is 1120. The van der Waals surface area contributed by atoms with Gasteiger partial charge in [0.05, 0.1) is 17.5 Å². The van der Waals surface area contributed by atoms with Crippen LogP contribution in [0, 0.1) is 0 Å². The molecule has 0 aliphatic rings. The largest absolute Gasteiger partial charge is 0.322 e. The van der Waals surface area contributed by atoms with Crippen LogP contribution in [-0.4, -0.2) is 21.9 Å². The zero-order valence-corrected chi connectivity index (χ0v) is 14.9. The molecule has 5 nitrogen and oxygen atoms in total. The number of nitrogens with zero attached hydrogens (tertiary/aromatic N) is 1. The van der Waals surface area contributed by atoms with Crippen molar-refractivity contribution in [2.75, 3.05) is 5.32 Å². The summed E-state index contributed by atoms with van der Waals surface area (Å²) in [6.07, 6.45) is 1.50. The van der Waals surface area contributed by atoms with Crippen LogP contribution in [0.4, 0.5) is 5.69 Å². The lowest BCUT2D eigenvalue weighted by Crippen LogP contribution is -2.13. The first-order chi connectivity index (χ1) is 13.7. The van der Waals surface area contributed by atoms with Crippen LogP contribution in [0.25, 0.3) is 11.3 Å². The van der Waals surface area contributed by atoms with Gasteiger partial charge < -0.3 is 5.32 Å². The summed E-state index contributed by atoms with van der Waals surface area (Å²) in [5.41, 5.74) is 3.62. The van der Waals surface area contributed by atoms with Gasteiger partial charge >= 0.3 is 0 Å². The molecule has 0 aliphatic heterocycles. The SMILES string of the molecule is O=C(c1ccccc1)c1cccc(NC(=O)c2cn[nH]c2-c2ccccc2)c1. The summed E-state index contributed by atoms with van der Waals surface area (Å²) in [5, 5.41) is 9.73. The van der Waals surface area contributed by atoms with E-state index in [-0.39, 0.29) is 11.7 Å². The normalized spacial score (nSPS) is 10.4. The number of hydrogen-bond donors (Lipinski definition) is 2. The number of anilines is 1. The van der Waals surface area contributed by atoms with Gasteiger partial charge in [-0.05, 0) is 12.1 Å². The summed E-state index contributed by atoms with van der Waals surface area (Å²) in [6.45, 7) is 0. The number of rotatable bonds is 5. The Morgan fingerprint density at radius 1 is 0.786 bits per heavy atom. The lowest BCUT2D eigenvalue weighted by atomic mass is 10.0. The van der Waals surface area contributed by atoms with E-state index < -0.39 is 0 Å². The number of hydrogen-bond acceptors (Lipinski definition) is 3. The fourth-order valence-corrected chi connectivity index (χ4v) is 2.98. The molecular formula is C23H17N3O2. The molecule has 1 heterocycles. The van der Waals surface area contributed by atoms with Crippen LogP contribution in [0.5, 0.6) is 0 Å². The summed E-state index contributed by atoms with van der Waals surface area (Å²) in [5.74, 6) is -0.387. The quantitative estimate of drug-likeness (QED) is 0.508. The third-order valence-electron chi connectivity index (χ3n) is 4.37. The van der Waals surface area contributed by atoms with Crippen molar-refractivity contribution in [3.8, 4) is 11.3 Å². The summed E-state index contributed by atoms with van der Waals surface area (Å²) >= 11 is 0. The van der Waals surface area contributed by atoms with Gasteiger partial charge in [0, 0.05) is 22.4 Å². The summed E-state index contributed by atoms with van der Waals surface area (Å²) in [6, 6.07) is 25.5. The molecule has 4 aromatic rings. The van der Waals surface area contributed by atoms with Gasteiger partial charge in [-0.15, -0.1) is 0 Å². The number of aromatic amines is 1. The van der Waals surface area contributed by atoms with E-state index in [0.717, 1.165) is 5.56 Å². The second kappa shape index (κ2) is 7.72. The van der Waals surface area contributed by atoms with E-state index in [1.54, 1.807) is 36.4 Å². The molecule has 0 aliphatic carbocycles. The number of ketones is 1. The fraction of sp³-hybridized carbons (Fsp3) is 0. The third-order valence-corrected chi connectivity index (χ3v) is 4.37. The summed E-state index contributed by atoms with van der Waals surface area (Å²) in [4.78, 5) is 25.4. The maximum absolute atomic E-state index is 12.8. The minimum atomic E-state index is -0.295. The van der Waals surface area contributed by atoms with Crippen molar-refractivity contribution in [3.63, 3.8) is 0 Å². The Balaban J connectivity index is 1.57. The van der Waals surface area contributed by atoms with E-state index in [0.29, 0.717) is 28.1 Å². The second-order valence-electron chi connectivity index (χ2n) is 6.25. The number of carbonyl (C=O) groups excluding carboxylic acids is 2. The highest BCUT2D eigenvalue weighted by Gasteiger charge is 2.16. The minimum Gasteiger partial charge on any atom is -0.322 e. The molecule has 4 rings (SSSR count). The molecule has 0 bridgehead atoms. The molecule has 1 aromatic heterocycles. The Morgan fingerprint density at radius 3 is 2.21 bits per heavy atom. The highest BCUT2D eigenvalue weighted by Crippen LogP contribution is 2.22. The van der Waals surface area contributed by atoms with E-state index in [9.17, 15) is 9.59 Å². The van der Waals surface area contributed by atoms with Crippen LogP contribution >= 0.6 is 0 Å². The van der Waals surface area contributed by atoms with Crippen molar-refractivity contribution in [1.29, 1.82) is 0 Å². The number of nitrogens with one attached hydrogen (secondary N) is 2. The monoisotopic (exact) mass is 367 g/mol. The summed E-state index contributed by atoms with van der Waals surface area (Å²) in [7, 11) is 0. The molecule has 1 amide bonds. The van der Waals surface area contributed by atoms with Crippen LogP contribution < -0.4 is 5.32 Å². The van der Waals surface area contributed by atoms with E-state index in [2.05, 4.69) is 15.5 Å². The summed E-state index contributed by atoms with van der Waals surface area (Å²) < 4.78 is 0. The first-order valence-corrected chi connectivity index (χ1v) is 8.82. The predicted octanol–water partition coefficient (Wildman–Crippen LogP) is 4.56. The zero-order valence-electron chi connectivity index (χ0n) is 14.9. The van der Waals surface area contributed by atoms with Crippen molar-refractivity contribution >= 4 is 17.4 Å². The second-order valence-corrected chi connectivity index (χ2v) is 6.25. The van der Waals surface area contributed by atoms with Crippen LogP contribution in [0.1, 0.15) is 26.3 Å². The first kappa shape index (κ1) is 17.4. The van der Waals surface area contributed by atoms with Crippen molar-refractivity contribution in [2.24, 2.45) is 0 Å². The van der Waals surface area contributed by atoms with Crippen molar-refractivity contribution in [3.05, 3.63) is 108 Å². The standard InChI is InChI=1S/C23H17N3O2/c27-22(17-10-5-2-6-11-17)18-12-7-13-19(14-18)25-23(28)20-15-24-26-21(20)16-8-3-1-4-9-16/h1-15H,(H,24,26)(H,25,28). The molecule has 2 N–H and O–H groups in total. The van der Waals surface area contributed by atoms with Gasteiger partial charge in [-0.1, -0.05) is 72.8 Å². The van der Waals surface area contributed by atoms with Crippen LogP contribution in [-0.2, 0) is 0 Å². The lowest BCUT2D eigenvalue weighted by Gasteiger charge is -2.08. The van der Waals surface area contributed by atoms with Crippen LogP contribution in [0.15, 0.2) is 91.1 Å². The average Bonchev–Trinajstić information content (AvgIpc) is 3.25. The molecule has 3 aromatic carbocycles. The molecule has 0 saturated carbocycles. The van der Waals surface area contributed by atoms with Crippen molar-refractivity contribution in [2.45, 2.75) is 0 Å². The van der Waals surface area contributed by atoms with E-state index in [1.807, 2.05) is 48.5 Å². The molecule has 136 valence electrons. The van der Waals surface area contributed by atoms with Gasteiger partial charge in [-0.2, -0.15) is 5.10 Å². The van der Waals surface area contributed by atoms with Gasteiger partial charge in [0.25, 0.3) is 5.91 Å². The highest BCUT2D eigenvalue weighted by atomic mass is 16.1. The van der Waals surface area contributed by atoms with Crippen molar-refractivity contribution < 1.29 is 9.59 Å². The Kier molecular flexibility index (Phi) is 4.80. The molecule has 0 saturated heterocycles. The van der Waals surface area contributed by atoms with Gasteiger partial charge in [0.2, 0.25) is 0 Å². The minimum absolute atomic E-state index is 0.0926. The average molecular weight is 367 g/mol. The molecule has 0 atom stereocenters. The number of aromatic nitrogens is 2. The fourth-order valence-electron chi connectivity index (χ4n) is 2.98. The van der Waals surface area contributed by atoms with E-state index >= 15 is 0 Å². The molecule has 0 radical (unpaired) electrons. The molecule has 0 fully saturated rings. The van der Waals surface area contributed by atoms with E-state index in [1.165, 1.54) is 6.20 Å². The molecule has 5 heteroatoms. The number of amides is 1. The van der Waals surface area contributed by atoms with E-state index in [4.69, 9.17) is 0 Å². The van der Waals surface area contributed by atoms with Crippen LogP contribution in [0.2, 0.25) is 0 Å². The lowest BCUT2D eigenvalue weighted by molar-refractivity contribution is 0.102. The topological polar surface area (TPSA) is 74.8 Å². The molecule has 0 unspecified atom stereocenters. The van der Waals surface area contributed by atoms with Crippen LogP contribution in [0.3, 0.4) is 0 Å². The molecular weight excluding hydrogens is 350 g/mol. The Labute approximate surface area is 162 Å². The van der Waals surface area contributed by atoms with Crippen molar-refractivity contribution in [1.82, 2.24) is 10.2 Å². The molecule has 28 heavy (non-hydrogen) atoms.